The van der Waals surface area contributed by atoms with Gasteiger partial charge in [0, 0.05) is 9.35 Å². The fourth-order valence-corrected chi connectivity index (χ4v) is 3.21. The minimum Gasteiger partial charge on any atom is -0.435 e. The van der Waals surface area contributed by atoms with Crippen LogP contribution in [0.15, 0.2) is 29.0 Å². The van der Waals surface area contributed by atoms with Crippen LogP contribution < -0.4 is 4.74 Å². The van der Waals surface area contributed by atoms with Gasteiger partial charge in [-0.25, -0.2) is 14.4 Å². The Morgan fingerprint density at radius 3 is 2.80 bits per heavy atom. The summed E-state index contributed by atoms with van der Waals surface area (Å²) in [5, 5.41) is 0.845. The Morgan fingerprint density at radius 1 is 1.25 bits per heavy atom. The first-order valence-electron chi connectivity index (χ1n) is 5.90. The van der Waals surface area contributed by atoms with Gasteiger partial charge in [0.05, 0.1) is 5.39 Å². The molecule has 0 atom stereocenters. The Kier molecular flexibility index (Phi) is 3.43. The molecule has 0 amide bonds. The summed E-state index contributed by atoms with van der Waals surface area (Å²) in [6.07, 6.45) is 1.43. The van der Waals surface area contributed by atoms with Crippen molar-refractivity contribution in [2.45, 2.75) is 13.8 Å². The van der Waals surface area contributed by atoms with E-state index in [2.05, 4.69) is 25.9 Å². The van der Waals surface area contributed by atoms with E-state index in [0.29, 0.717) is 10.4 Å². The third kappa shape index (κ3) is 2.29. The molecular weight excluding hydrogens is 343 g/mol. The topological polar surface area (TPSA) is 35.0 Å². The SMILES string of the molecule is Cc1sc2ncnc(Oc3ccc(Br)cc3F)c2c1C. The van der Waals surface area contributed by atoms with Crippen LogP contribution in [0.5, 0.6) is 11.6 Å². The second kappa shape index (κ2) is 5.10. The van der Waals surface area contributed by atoms with E-state index in [0.717, 1.165) is 20.7 Å². The fraction of sp³-hybridized carbons (Fsp3) is 0.143. The van der Waals surface area contributed by atoms with Crippen LogP contribution in [-0.2, 0) is 0 Å². The highest BCUT2D eigenvalue weighted by Crippen LogP contribution is 2.36. The summed E-state index contributed by atoms with van der Waals surface area (Å²) in [5.74, 6) is 0.102. The summed E-state index contributed by atoms with van der Waals surface area (Å²) < 4.78 is 20.1. The average Bonchev–Trinajstić information content (AvgIpc) is 2.69. The summed E-state index contributed by atoms with van der Waals surface area (Å²) in [4.78, 5) is 10.4. The first-order valence-corrected chi connectivity index (χ1v) is 7.51. The number of fused-ring (bicyclic) bond motifs is 1. The van der Waals surface area contributed by atoms with Crippen molar-refractivity contribution in [1.29, 1.82) is 0 Å². The van der Waals surface area contributed by atoms with Gasteiger partial charge in [-0.2, -0.15) is 0 Å². The highest BCUT2D eigenvalue weighted by molar-refractivity contribution is 9.10. The minimum absolute atomic E-state index is 0.149. The van der Waals surface area contributed by atoms with Gasteiger partial charge < -0.3 is 4.74 Å². The maximum absolute atomic E-state index is 13.8. The Hall–Kier alpha value is -1.53. The molecule has 0 unspecified atom stereocenters. The third-order valence-corrected chi connectivity index (χ3v) is 4.64. The summed E-state index contributed by atoms with van der Waals surface area (Å²) in [6.45, 7) is 4.01. The Morgan fingerprint density at radius 2 is 2.05 bits per heavy atom. The Balaban J connectivity index is 2.11. The molecule has 0 aliphatic heterocycles. The average molecular weight is 353 g/mol. The van der Waals surface area contributed by atoms with E-state index in [9.17, 15) is 4.39 Å². The predicted molar refractivity (Wildman–Crippen MR) is 81.1 cm³/mol. The second-order valence-electron chi connectivity index (χ2n) is 4.32. The molecule has 102 valence electrons. The number of ether oxygens (including phenoxy) is 1. The monoisotopic (exact) mass is 352 g/mol. The minimum atomic E-state index is -0.434. The summed E-state index contributed by atoms with van der Waals surface area (Å²) in [5.41, 5.74) is 1.07. The third-order valence-electron chi connectivity index (χ3n) is 3.03. The van der Waals surface area contributed by atoms with Crippen molar-refractivity contribution >= 4 is 37.5 Å². The number of rotatable bonds is 2. The number of benzene rings is 1. The molecule has 0 aliphatic rings. The lowest BCUT2D eigenvalue weighted by molar-refractivity contribution is 0.431. The van der Waals surface area contributed by atoms with E-state index in [1.807, 2.05) is 13.8 Å². The Bertz CT molecular complexity index is 803. The second-order valence-corrected chi connectivity index (χ2v) is 6.44. The van der Waals surface area contributed by atoms with Crippen molar-refractivity contribution in [3.05, 3.63) is 45.3 Å². The molecule has 2 heterocycles. The molecule has 2 aromatic heterocycles. The molecule has 20 heavy (non-hydrogen) atoms. The van der Waals surface area contributed by atoms with Gasteiger partial charge in [-0.1, -0.05) is 15.9 Å². The zero-order chi connectivity index (χ0) is 14.3. The van der Waals surface area contributed by atoms with Crippen LogP contribution in [0.1, 0.15) is 10.4 Å². The highest BCUT2D eigenvalue weighted by Gasteiger charge is 2.15. The highest BCUT2D eigenvalue weighted by atomic mass is 79.9. The van der Waals surface area contributed by atoms with Crippen LogP contribution in [0.25, 0.3) is 10.2 Å². The summed E-state index contributed by atoms with van der Waals surface area (Å²) in [7, 11) is 0. The number of halogens is 2. The maximum atomic E-state index is 13.8. The van der Waals surface area contributed by atoms with E-state index in [-0.39, 0.29) is 5.75 Å². The van der Waals surface area contributed by atoms with Gasteiger partial charge in [0.15, 0.2) is 11.6 Å². The Labute approximate surface area is 127 Å². The molecule has 3 aromatic rings. The van der Waals surface area contributed by atoms with E-state index in [4.69, 9.17) is 4.74 Å². The van der Waals surface area contributed by atoms with E-state index >= 15 is 0 Å². The van der Waals surface area contributed by atoms with E-state index in [1.165, 1.54) is 12.4 Å². The summed E-state index contributed by atoms with van der Waals surface area (Å²) >= 11 is 4.79. The van der Waals surface area contributed by atoms with Crippen molar-refractivity contribution in [3.63, 3.8) is 0 Å². The smallest absolute Gasteiger partial charge is 0.231 e. The molecule has 0 aliphatic carbocycles. The van der Waals surface area contributed by atoms with Crippen molar-refractivity contribution in [3.8, 4) is 11.6 Å². The lowest BCUT2D eigenvalue weighted by Gasteiger charge is -2.07. The van der Waals surface area contributed by atoms with E-state index in [1.54, 1.807) is 23.5 Å². The van der Waals surface area contributed by atoms with E-state index < -0.39 is 5.82 Å². The number of thiophene rings is 1. The van der Waals surface area contributed by atoms with Crippen molar-refractivity contribution in [2.75, 3.05) is 0 Å². The first-order chi connectivity index (χ1) is 9.56. The molecule has 3 nitrogen and oxygen atoms in total. The standard InChI is InChI=1S/C14H10BrFN2OS/c1-7-8(2)20-14-12(7)13(17-6-18-14)19-11-4-3-9(15)5-10(11)16/h3-6H,1-2H3. The molecule has 0 bridgehead atoms. The number of aromatic nitrogens is 2. The van der Waals surface area contributed by atoms with Gasteiger partial charge in [-0.3, -0.25) is 0 Å². The van der Waals surface area contributed by atoms with Crippen LogP contribution >= 0.6 is 27.3 Å². The van der Waals surface area contributed by atoms with Crippen molar-refractivity contribution in [2.24, 2.45) is 0 Å². The van der Waals surface area contributed by atoms with Crippen molar-refractivity contribution < 1.29 is 9.13 Å². The predicted octanol–water partition coefficient (Wildman–Crippen LogP) is 5.00. The van der Waals surface area contributed by atoms with Crippen molar-refractivity contribution in [1.82, 2.24) is 9.97 Å². The number of aryl methyl sites for hydroxylation is 2. The van der Waals surface area contributed by atoms with Gasteiger partial charge in [-0.15, -0.1) is 11.3 Å². The van der Waals surface area contributed by atoms with Gasteiger partial charge in [0.2, 0.25) is 5.88 Å². The molecule has 0 fully saturated rings. The molecule has 0 saturated carbocycles. The quantitative estimate of drug-likeness (QED) is 0.650. The van der Waals surface area contributed by atoms with Crippen LogP contribution in [0.2, 0.25) is 0 Å². The molecule has 0 saturated heterocycles. The lowest BCUT2D eigenvalue weighted by atomic mass is 10.2. The zero-order valence-corrected chi connectivity index (χ0v) is 13.2. The molecular formula is C14H10BrFN2OS. The fourth-order valence-electron chi connectivity index (χ4n) is 1.89. The molecule has 0 spiro atoms. The van der Waals surface area contributed by atoms with Gasteiger partial charge >= 0.3 is 0 Å². The van der Waals surface area contributed by atoms with Gasteiger partial charge in [0.1, 0.15) is 11.2 Å². The molecule has 6 heteroatoms. The number of hydrogen-bond donors (Lipinski definition) is 0. The largest absolute Gasteiger partial charge is 0.435 e. The van der Waals surface area contributed by atoms with Crippen LogP contribution in [0.4, 0.5) is 4.39 Å². The maximum Gasteiger partial charge on any atom is 0.231 e. The number of hydrogen-bond acceptors (Lipinski definition) is 4. The lowest BCUT2D eigenvalue weighted by Crippen LogP contribution is -1.93. The molecule has 0 N–H and O–H groups in total. The van der Waals surface area contributed by atoms with Gasteiger partial charge in [-0.05, 0) is 37.6 Å². The normalized spacial score (nSPS) is 11.0. The number of nitrogens with zero attached hydrogens (tertiary/aromatic N) is 2. The molecule has 1 aromatic carbocycles. The molecule has 3 rings (SSSR count). The molecule has 0 radical (unpaired) electrons. The van der Waals surface area contributed by atoms with Crippen LogP contribution in [0, 0.1) is 19.7 Å². The van der Waals surface area contributed by atoms with Gasteiger partial charge in [0.25, 0.3) is 0 Å². The van der Waals surface area contributed by atoms with Crippen LogP contribution in [-0.4, -0.2) is 9.97 Å². The first kappa shape index (κ1) is 13.5. The summed E-state index contributed by atoms with van der Waals surface area (Å²) in [6, 6.07) is 4.66. The zero-order valence-electron chi connectivity index (χ0n) is 10.8. The van der Waals surface area contributed by atoms with Crippen LogP contribution in [0.3, 0.4) is 0 Å².